The fourth-order valence-corrected chi connectivity index (χ4v) is 2.45. The maximum Gasteiger partial charge on any atom is 0.313 e. The molecule has 1 aromatic carbocycles. The Hall–Kier alpha value is -1.99. The van der Waals surface area contributed by atoms with Gasteiger partial charge in [0.05, 0.1) is 11.5 Å². The highest BCUT2D eigenvalue weighted by Crippen LogP contribution is 2.37. The van der Waals surface area contributed by atoms with Crippen molar-refractivity contribution in [2.75, 3.05) is 0 Å². The van der Waals surface area contributed by atoms with Gasteiger partial charge in [0.25, 0.3) is 0 Å². The normalized spacial score (nSPS) is 10.5. The number of aliphatic hydroxyl groups excluding tert-OH is 1. The van der Waals surface area contributed by atoms with Crippen LogP contribution in [0.4, 0.5) is 5.69 Å². The van der Waals surface area contributed by atoms with E-state index in [1.54, 1.807) is 26.0 Å². The highest BCUT2D eigenvalue weighted by Gasteiger charge is 2.20. The molecular formula is C14H13BrN2O4. The smallest absolute Gasteiger partial charge is 0.313 e. The lowest BCUT2D eigenvalue weighted by Crippen LogP contribution is -1.99. The lowest BCUT2D eigenvalue weighted by molar-refractivity contribution is -0.385. The van der Waals surface area contributed by atoms with Gasteiger partial charge in [-0.2, -0.15) is 0 Å². The molecule has 0 aliphatic carbocycles. The van der Waals surface area contributed by atoms with Crippen molar-refractivity contribution in [2.45, 2.75) is 20.5 Å². The number of aryl methyl sites for hydroxylation is 2. The number of halogens is 1. The number of rotatable bonds is 4. The first-order chi connectivity index (χ1) is 9.92. The van der Waals surface area contributed by atoms with E-state index in [1.165, 1.54) is 12.3 Å². The van der Waals surface area contributed by atoms with Crippen LogP contribution < -0.4 is 4.74 Å². The molecule has 2 aromatic rings. The summed E-state index contributed by atoms with van der Waals surface area (Å²) in [5, 5.41) is 20.2. The molecule has 0 unspecified atom stereocenters. The molecular weight excluding hydrogens is 340 g/mol. The van der Waals surface area contributed by atoms with Gasteiger partial charge in [0, 0.05) is 27.9 Å². The second-order valence-corrected chi connectivity index (χ2v) is 5.47. The summed E-state index contributed by atoms with van der Waals surface area (Å²) in [6.07, 6.45) is 1.47. The molecule has 2 rings (SSSR count). The minimum Gasteiger partial charge on any atom is -0.431 e. The first kappa shape index (κ1) is 15.4. The van der Waals surface area contributed by atoms with Gasteiger partial charge in [0.1, 0.15) is 0 Å². The molecule has 0 saturated carbocycles. The van der Waals surface area contributed by atoms with Crippen LogP contribution >= 0.6 is 15.9 Å². The van der Waals surface area contributed by atoms with Crippen LogP contribution in [0.5, 0.6) is 11.6 Å². The molecule has 1 aromatic heterocycles. The predicted molar refractivity (Wildman–Crippen MR) is 80.5 cm³/mol. The second-order valence-electron chi connectivity index (χ2n) is 4.55. The molecule has 0 spiro atoms. The molecule has 1 N–H and O–H groups in total. The van der Waals surface area contributed by atoms with Crippen LogP contribution in [-0.4, -0.2) is 15.0 Å². The average molecular weight is 353 g/mol. The average Bonchev–Trinajstić information content (AvgIpc) is 2.42. The van der Waals surface area contributed by atoms with Crippen LogP contribution in [-0.2, 0) is 6.61 Å². The summed E-state index contributed by atoms with van der Waals surface area (Å²) < 4.78 is 6.24. The van der Waals surface area contributed by atoms with Crippen molar-refractivity contribution in [3.8, 4) is 11.6 Å². The second kappa shape index (κ2) is 6.19. The number of aromatic nitrogens is 1. The third kappa shape index (κ3) is 3.37. The summed E-state index contributed by atoms with van der Waals surface area (Å²) in [5.74, 6) is 0.441. The van der Waals surface area contributed by atoms with Crippen molar-refractivity contribution >= 4 is 21.6 Å². The van der Waals surface area contributed by atoms with Gasteiger partial charge in [-0.05, 0) is 31.5 Å². The number of benzene rings is 1. The number of nitrogens with zero attached hydrogens (tertiary/aromatic N) is 2. The van der Waals surface area contributed by atoms with E-state index in [4.69, 9.17) is 9.84 Å². The van der Waals surface area contributed by atoms with Gasteiger partial charge >= 0.3 is 5.69 Å². The Kier molecular flexibility index (Phi) is 4.54. The molecule has 0 atom stereocenters. The number of aliphatic hydroxyl groups is 1. The van der Waals surface area contributed by atoms with Gasteiger partial charge in [-0.15, -0.1) is 0 Å². The van der Waals surface area contributed by atoms with Crippen molar-refractivity contribution in [1.29, 1.82) is 0 Å². The van der Waals surface area contributed by atoms with Crippen LogP contribution in [0, 0.1) is 24.0 Å². The maximum absolute atomic E-state index is 11.2. The van der Waals surface area contributed by atoms with E-state index in [0.29, 0.717) is 21.2 Å². The SMILES string of the molecule is Cc1cc(CO)cnc1Oc1c(C)cc(Br)cc1[N+](=O)[O-]. The highest BCUT2D eigenvalue weighted by atomic mass is 79.9. The van der Waals surface area contributed by atoms with Crippen molar-refractivity contribution in [3.05, 3.63) is 55.7 Å². The summed E-state index contributed by atoms with van der Waals surface area (Å²) in [6, 6.07) is 4.85. The Morgan fingerprint density at radius 3 is 2.62 bits per heavy atom. The molecule has 6 nitrogen and oxygen atoms in total. The largest absolute Gasteiger partial charge is 0.431 e. The zero-order chi connectivity index (χ0) is 15.6. The van der Waals surface area contributed by atoms with Gasteiger partial charge < -0.3 is 9.84 Å². The number of nitro groups is 1. The molecule has 0 radical (unpaired) electrons. The van der Waals surface area contributed by atoms with E-state index in [-0.39, 0.29) is 23.9 Å². The monoisotopic (exact) mass is 352 g/mol. The Labute approximate surface area is 129 Å². The molecule has 0 aliphatic heterocycles. The number of hydrogen-bond donors (Lipinski definition) is 1. The van der Waals surface area contributed by atoms with Crippen LogP contribution in [0.3, 0.4) is 0 Å². The minimum absolute atomic E-state index is 0.119. The summed E-state index contributed by atoms with van der Waals surface area (Å²) in [7, 11) is 0. The molecule has 0 amide bonds. The molecule has 110 valence electrons. The lowest BCUT2D eigenvalue weighted by Gasteiger charge is -2.11. The lowest BCUT2D eigenvalue weighted by atomic mass is 10.2. The van der Waals surface area contributed by atoms with E-state index in [0.717, 1.165) is 0 Å². The van der Waals surface area contributed by atoms with E-state index in [9.17, 15) is 10.1 Å². The fraction of sp³-hybridized carbons (Fsp3) is 0.214. The third-order valence-electron chi connectivity index (χ3n) is 2.88. The van der Waals surface area contributed by atoms with Gasteiger partial charge in [0.2, 0.25) is 11.6 Å². The van der Waals surface area contributed by atoms with E-state index < -0.39 is 4.92 Å². The molecule has 21 heavy (non-hydrogen) atoms. The topological polar surface area (TPSA) is 85.5 Å². The predicted octanol–water partition coefficient (Wildman–Crippen LogP) is 3.65. The number of nitro benzene ring substituents is 1. The molecule has 7 heteroatoms. The van der Waals surface area contributed by atoms with Crippen LogP contribution in [0.15, 0.2) is 28.9 Å². The number of pyridine rings is 1. The molecule has 0 saturated heterocycles. The third-order valence-corrected chi connectivity index (χ3v) is 3.34. The standard InChI is InChI=1S/C14H13BrN2O4/c1-8-4-11(15)5-12(17(19)20)13(8)21-14-9(2)3-10(7-18)6-16-14/h3-6,18H,7H2,1-2H3. The first-order valence-electron chi connectivity index (χ1n) is 6.11. The van der Waals surface area contributed by atoms with Crippen LogP contribution in [0.1, 0.15) is 16.7 Å². The van der Waals surface area contributed by atoms with Crippen molar-refractivity contribution < 1.29 is 14.8 Å². The first-order valence-corrected chi connectivity index (χ1v) is 6.90. The maximum atomic E-state index is 11.2. The van der Waals surface area contributed by atoms with Crippen LogP contribution in [0.25, 0.3) is 0 Å². The summed E-state index contributed by atoms with van der Waals surface area (Å²) in [6.45, 7) is 3.37. The van der Waals surface area contributed by atoms with Crippen molar-refractivity contribution in [3.63, 3.8) is 0 Å². The highest BCUT2D eigenvalue weighted by molar-refractivity contribution is 9.10. The fourth-order valence-electron chi connectivity index (χ4n) is 1.89. The zero-order valence-corrected chi connectivity index (χ0v) is 13.0. The van der Waals surface area contributed by atoms with Crippen molar-refractivity contribution in [1.82, 2.24) is 4.98 Å². The molecule has 0 fully saturated rings. The van der Waals surface area contributed by atoms with Gasteiger partial charge in [-0.25, -0.2) is 4.98 Å². The molecule has 0 bridgehead atoms. The van der Waals surface area contributed by atoms with Crippen molar-refractivity contribution in [2.24, 2.45) is 0 Å². The Morgan fingerprint density at radius 1 is 1.33 bits per heavy atom. The summed E-state index contributed by atoms with van der Waals surface area (Å²) >= 11 is 3.23. The van der Waals surface area contributed by atoms with E-state index in [2.05, 4.69) is 20.9 Å². The summed E-state index contributed by atoms with van der Waals surface area (Å²) in [4.78, 5) is 14.7. The van der Waals surface area contributed by atoms with E-state index >= 15 is 0 Å². The van der Waals surface area contributed by atoms with Gasteiger partial charge in [-0.3, -0.25) is 10.1 Å². The van der Waals surface area contributed by atoms with Gasteiger partial charge in [0.15, 0.2) is 0 Å². The minimum atomic E-state index is -0.496. The van der Waals surface area contributed by atoms with Gasteiger partial charge in [-0.1, -0.05) is 15.9 Å². The quantitative estimate of drug-likeness (QED) is 0.670. The molecule has 1 heterocycles. The molecule has 0 aliphatic rings. The summed E-state index contributed by atoms with van der Waals surface area (Å²) in [5.41, 5.74) is 1.85. The number of ether oxygens (including phenoxy) is 1. The Bertz CT molecular complexity index is 704. The Morgan fingerprint density at radius 2 is 2.05 bits per heavy atom. The number of hydrogen-bond acceptors (Lipinski definition) is 5. The van der Waals surface area contributed by atoms with Crippen LogP contribution in [0.2, 0.25) is 0 Å². The zero-order valence-electron chi connectivity index (χ0n) is 11.5. The van der Waals surface area contributed by atoms with E-state index in [1.807, 2.05) is 0 Å². The Balaban J connectivity index is 2.46.